The Morgan fingerprint density at radius 2 is 1.25 bits per heavy atom. The Balaban J connectivity index is 1.25. The van der Waals surface area contributed by atoms with Crippen molar-refractivity contribution in [3.8, 4) is 0 Å². The summed E-state index contributed by atoms with van der Waals surface area (Å²) in [6, 6.07) is 19.9. The zero-order chi connectivity index (χ0) is 24.5. The molecule has 4 saturated carbocycles. The van der Waals surface area contributed by atoms with Gasteiger partial charge in [0.25, 0.3) is 0 Å². The van der Waals surface area contributed by atoms with Crippen molar-refractivity contribution in [1.29, 1.82) is 0 Å². The molecule has 1 heterocycles. The van der Waals surface area contributed by atoms with Crippen molar-refractivity contribution in [1.82, 2.24) is 0 Å². The molecule has 0 radical (unpaired) electrons. The minimum absolute atomic E-state index is 0.208. The van der Waals surface area contributed by atoms with Gasteiger partial charge in [0.1, 0.15) is 24.4 Å². The van der Waals surface area contributed by atoms with Gasteiger partial charge in [-0.3, -0.25) is 0 Å². The number of rotatable bonds is 9. The normalized spacial score (nSPS) is 39.4. The maximum absolute atomic E-state index is 11.2. The highest BCUT2D eigenvalue weighted by Crippen LogP contribution is 2.57. The molecule has 0 unspecified atom stereocenters. The maximum atomic E-state index is 11.2. The molecular weight excluding hydrogens is 456 g/mol. The first-order valence-corrected chi connectivity index (χ1v) is 13.5. The van der Waals surface area contributed by atoms with Crippen molar-refractivity contribution >= 4 is 0 Å². The summed E-state index contributed by atoms with van der Waals surface area (Å²) < 4.78 is 25.9. The van der Waals surface area contributed by atoms with Crippen LogP contribution in [0.15, 0.2) is 60.7 Å². The molecule has 1 aliphatic heterocycles. The fraction of sp³-hybridized carbons (Fsp3) is 0.600. The third kappa shape index (κ3) is 5.13. The first-order valence-electron chi connectivity index (χ1n) is 13.5. The van der Waals surface area contributed by atoms with E-state index in [1.807, 2.05) is 60.7 Å². The fourth-order valence-electron chi connectivity index (χ4n) is 7.46. The lowest BCUT2D eigenvalue weighted by atomic mass is 9.54. The molecule has 6 nitrogen and oxygen atoms in total. The van der Waals surface area contributed by atoms with E-state index in [4.69, 9.17) is 18.9 Å². The van der Waals surface area contributed by atoms with Crippen LogP contribution in [0, 0.1) is 17.8 Å². The summed E-state index contributed by atoms with van der Waals surface area (Å²) in [6.45, 7) is 0.381. The highest BCUT2D eigenvalue weighted by atomic mass is 16.7. The Kier molecular flexibility index (Phi) is 7.17. The largest absolute Gasteiger partial charge is 0.394 e. The van der Waals surface area contributed by atoms with E-state index in [0.717, 1.165) is 48.1 Å². The number of ether oxygens (including phenoxy) is 4. The van der Waals surface area contributed by atoms with Gasteiger partial charge in [-0.1, -0.05) is 60.7 Å². The molecular formula is C30H38O6. The monoisotopic (exact) mass is 494 g/mol. The topological polar surface area (TPSA) is 77.4 Å². The molecule has 2 N–H and O–H groups in total. The summed E-state index contributed by atoms with van der Waals surface area (Å²) in [5.74, 6) is 2.19. The fourth-order valence-corrected chi connectivity index (χ4v) is 7.46. The molecule has 5 aliphatic rings. The van der Waals surface area contributed by atoms with Crippen LogP contribution >= 0.6 is 0 Å². The lowest BCUT2D eigenvalue weighted by Gasteiger charge is -2.58. The van der Waals surface area contributed by atoms with Crippen LogP contribution in [-0.4, -0.2) is 53.1 Å². The second-order valence-electron chi connectivity index (χ2n) is 11.5. The van der Waals surface area contributed by atoms with Crippen molar-refractivity contribution in [2.45, 2.75) is 88.0 Å². The zero-order valence-electron chi connectivity index (χ0n) is 20.8. The molecule has 0 amide bonds. The molecule has 194 valence electrons. The summed E-state index contributed by atoms with van der Waals surface area (Å²) in [5, 5.41) is 21.2. The Bertz CT molecular complexity index is 946. The van der Waals surface area contributed by atoms with Crippen LogP contribution < -0.4 is 0 Å². The SMILES string of the molecule is OC[C@H]1O[C@@H](OC23CC4CC(CC(C4)C2)C3)[C@@H](OCc2ccccc2)[C@@H](OCc2ccccc2)[C@@H]1O. The first-order chi connectivity index (χ1) is 17.6. The van der Waals surface area contributed by atoms with Crippen molar-refractivity contribution in [3.05, 3.63) is 71.8 Å². The van der Waals surface area contributed by atoms with Crippen molar-refractivity contribution in [2.24, 2.45) is 17.8 Å². The summed E-state index contributed by atoms with van der Waals surface area (Å²) in [7, 11) is 0. The summed E-state index contributed by atoms with van der Waals surface area (Å²) >= 11 is 0. The molecule has 2 aromatic rings. The lowest BCUT2D eigenvalue weighted by molar-refractivity contribution is -0.354. The van der Waals surface area contributed by atoms with Crippen molar-refractivity contribution < 1.29 is 29.2 Å². The molecule has 1 saturated heterocycles. The van der Waals surface area contributed by atoms with Crippen LogP contribution in [0.3, 0.4) is 0 Å². The third-order valence-corrected chi connectivity index (χ3v) is 8.72. The van der Waals surface area contributed by atoms with Gasteiger partial charge in [0.05, 0.1) is 25.4 Å². The highest BCUT2D eigenvalue weighted by Gasteiger charge is 2.56. The van der Waals surface area contributed by atoms with Crippen LogP contribution in [0.25, 0.3) is 0 Å². The van der Waals surface area contributed by atoms with Crippen molar-refractivity contribution in [2.75, 3.05) is 6.61 Å². The van der Waals surface area contributed by atoms with Crippen molar-refractivity contribution in [3.63, 3.8) is 0 Å². The van der Waals surface area contributed by atoms with Gasteiger partial charge in [-0.2, -0.15) is 0 Å². The van der Waals surface area contributed by atoms with E-state index < -0.39 is 30.7 Å². The Morgan fingerprint density at radius 1 is 0.750 bits per heavy atom. The molecule has 6 heteroatoms. The van der Waals surface area contributed by atoms with E-state index >= 15 is 0 Å². The number of hydrogen-bond donors (Lipinski definition) is 2. The minimum Gasteiger partial charge on any atom is -0.394 e. The Morgan fingerprint density at radius 3 is 1.75 bits per heavy atom. The van der Waals surface area contributed by atoms with Gasteiger partial charge >= 0.3 is 0 Å². The summed E-state index contributed by atoms with van der Waals surface area (Å²) in [4.78, 5) is 0. The van der Waals surface area contributed by atoms with Gasteiger partial charge in [0.15, 0.2) is 6.29 Å². The molecule has 4 aliphatic carbocycles. The maximum Gasteiger partial charge on any atom is 0.187 e. The van der Waals surface area contributed by atoms with E-state index in [-0.39, 0.29) is 12.2 Å². The number of benzene rings is 2. The predicted molar refractivity (Wildman–Crippen MR) is 134 cm³/mol. The van der Waals surface area contributed by atoms with Gasteiger partial charge in [-0.15, -0.1) is 0 Å². The van der Waals surface area contributed by atoms with Gasteiger partial charge in [-0.25, -0.2) is 0 Å². The average Bonchev–Trinajstić information content (AvgIpc) is 2.88. The molecule has 5 atom stereocenters. The minimum atomic E-state index is -1.03. The van der Waals surface area contributed by atoms with Gasteiger partial charge in [-0.05, 0) is 67.4 Å². The molecule has 0 aromatic heterocycles. The van der Waals surface area contributed by atoms with E-state index in [9.17, 15) is 10.2 Å². The molecule has 7 rings (SSSR count). The second kappa shape index (κ2) is 10.5. The number of aliphatic hydroxyl groups is 2. The zero-order valence-corrected chi connectivity index (χ0v) is 20.8. The summed E-state index contributed by atoms with van der Waals surface area (Å²) in [6.07, 6.45) is 3.29. The van der Waals surface area contributed by atoms with Crippen LogP contribution in [0.2, 0.25) is 0 Å². The van der Waals surface area contributed by atoms with E-state index in [0.29, 0.717) is 13.2 Å². The molecule has 0 spiro atoms. The lowest BCUT2D eigenvalue weighted by Crippen LogP contribution is -2.63. The first kappa shape index (κ1) is 24.5. The number of aliphatic hydroxyl groups excluding tert-OH is 2. The quantitative estimate of drug-likeness (QED) is 0.544. The average molecular weight is 495 g/mol. The smallest absolute Gasteiger partial charge is 0.187 e. The molecule has 2 aromatic carbocycles. The van der Waals surface area contributed by atoms with Gasteiger partial charge in [0, 0.05) is 0 Å². The Labute approximate surface area is 213 Å². The van der Waals surface area contributed by atoms with Crippen LogP contribution in [-0.2, 0) is 32.2 Å². The van der Waals surface area contributed by atoms with Crippen LogP contribution in [0.4, 0.5) is 0 Å². The third-order valence-electron chi connectivity index (χ3n) is 8.72. The molecule has 4 bridgehead atoms. The van der Waals surface area contributed by atoms with E-state index in [2.05, 4.69) is 0 Å². The molecule has 5 fully saturated rings. The predicted octanol–water partition coefficient (Wildman–Crippen LogP) is 4.22. The highest BCUT2D eigenvalue weighted by molar-refractivity contribution is 5.15. The van der Waals surface area contributed by atoms with Gasteiger partial charge < -0.3 is 29.2 Å². The number of hydrogen-bond acceptors (Lipinski definition) is 6. The summed E-state index contributed by atoms with van der Waals surface area (Å²) in [5.41, 5.74) is 1.84. The second-order valence-corrected chi connectivity index (χ2v) is 11.5. The Hall–Kier alpha value is -1.80. The van der Waals surface area contributed by atoms with E-state index in [1.165, 1.54) is 19.3 Å². The van der Waals surface area contributed by atoms with Crippen LogP contribution in [0.5, 0.6) is 0 Å². The standard InChI is InChI=1S/C30H38O6/c31-17-25-26(32)27(33-18-20-7-3-1-4-8-20)28(34-19-21-9-5-2-6-10-21)29(35-25)36-30-14-22-11-23(15-30)13-24(12-22)16-30/h1-10,22-29,31-32H,11-19H2/t22?,23?,24?,25-,26-,27+,28+,29+,30?/m1/s1. The van der Waals surface area contributed by atoms with Gasteiger partial charge in [0.2, 0.25) is 0 Å². The van der Waals surface area contributed by atoms with E-state index in [1.54, 1.807) is 0 Å². The van der Waals surface area contributed by atoms with Crippen LogP contribution in [0.1, 0.15) is 49.7 Å². The molecule has 36 heavy (non-hydrogen) atoms.